The zero-order chi connectivity index (χ0) is 23.3. The van der Waals surface area contributed by atoms with Crippen LogP contribution in [0.4, 0.5) is 4.39 Å². The van der Waals surface area contributed by atoms with E-state index in [1.54, 1.807) is 28.6 Å². The fourth-order valence-electron chi connectivity index (χ4n) is 3.89. The Morgan fingerprint density at radius 1 is 0.971 bits per heavy atom. The van der Waals surface area contributed by atoms with E-state index in [9.17, 15) is 4.39 Å². The number of para-hydroxylation sites is 2. The van der Waals surface area contributed by atoms with Crippen LogP contribution >= 0.6 is 23.4 Å². The van der Waals surface area contributed by atoms with Crippen molar-refractivity contribution >= 4 is 34.3 Å². The number of rotatable bonds is 9. The zero-order valence-electron chi connectivity index (χ0n) is 18.2. The van der Waals surface area contributed by atoms with Crippen LogP contribution in [0.25, 0.3) is 16.6 Å². The van der Waals surface area contributed by atoms with Crippen LogP contribution in [0.1, 0.15) is 11.1 Å². The first-order chi connectivity index (χ1) is 16.7. The standard InChI is InChI=1S/C25H22ClFN6S/c26-22-10-6-11-23(27)21(22)17-32-16-18(20-9-4-5-12-24(20)32)15-28-13-14-34-25-29-30-31-33(25)19-7-2-1-3-8-19/h1-12,16,28H,13-15,17H2. The Morgan fingerprint density at radius 3 is 2.65 bits per heavy atom. The molecule has 0 unspecified atom stereocenters. The fourth-order valence-corrected chi connectivity index (χ4v) is 4.90. The van der Waals surface area contributed by atoms with E-state index in [2.05, 4.69) is 37.7 Å². The number of thioether (sulfide) groups is 1. The van der Waals surface area contributed by atoms with Gasteiger partial charge >= 0.3 is 0 Å². The molecule has 0 saturated heterocycles. The van der Waals surface area contributed by atoms with Gasteiger partial charge in [-0.05, 0) is 46.3 Å². The topological polar surface area (TPSA) is 60.6 Å². The molecule has 0 fully saturated rings. The molecule has 0 spiro atoms. The highest BCUT2D eigenvalue weighted by atomic mass is 35.5. The number of halogens is 2. The van der Waals surface area contributed by atoms with E-state index in [4.69, 9.17) is 11.6 Å². The molecule has 6 nitrogen and oxygen atoms in total. The van der Waals surface area contributed by atoms with Crippen LogP contribution in [0.5, 0.6) is 0 Å². The number of benzene rings is 3. The quantitative estimate of drug-likeness (QED) is 0.222. The van der Waals surface area contributed by atoms with Gasteiger partial charge in [-0.3, -0.25) is 0 Å². The molecule has 0 amide bonds. The number of fused-ring (bicyclic) bond motifs is 1. The molecule has 2 aromatic heterocycles. The summed E-state index contributed by atoms with van der Waals surface area (Å²) in [6, 6.07) is 22.8. The summed E-state index contributed by atoms with van der Waals surface area (Å²) in [7, 11) is 0. The number of hydrogen-bond donors (Lipinski definition) is 1. The number of tetrazole rings is 1. The van der Waals surface area contributed by atoms with Gasteiger partial charge in [0.1, 0.15) is 5.82 Å². The van der Waals surface area contributed by atoms with E-state index in [-0.39, 0.29) is 5.82 Å². The molecular formula is C25H22ClFN6S. The van der Waals surface area contributed by atoms with Crippen LogP contribution in [0.15, 0.2) is 84.1 Å². The third kappa shape index (κ3) is 4.84. The van der Waals surface area contributed by atoms with Gasteiger partial charge in [-0.2, -0.15) is 4.68 Å². The van der Waals surface area contributed by atoms with Gasteiger partial charge < -0.3 is 9.88 Å². The lowest BCUT2D eigenvalue weighted by molar-refractivity contribution is 0.602. The normalized spacial score (nSPS) is 11.4. The molecular weight excluding hydrogens is 471 g/mol. The first kappa shape index (κ1) is 22.6. The SMILES string of the molecule is Fc1cccc(Cl)c1Cn1cc(CNCCSc2nnnn2-c2ccccc2)c2ccccc21. The van der Waals surface area contributed by atoms with Gasteiger partial charge in [0.05, 0.1) is 12.2 Å². The van der Waals surface area contributed by atoms with E-state index < -0.39 is 0 Å². The van der Waals surface area contributed by atoms with Crippen molar-refractivity contribution < 1.29 is 4.39 Å². The molecule has 0 radical (unpaired) electrons. The highest BCUT2D eigenvalue weighted by molar-refractivity contribution is 7.99. The second-order valence-electron chi connectivity index (χ2n) is 7.73. The first-order valence-electron chi connectivity index (χ1n) is 10.9. The van der Waals surface area contributed by atoms with E-state index >= 15 is 0 Å². The summed E-state index contributed by atoms with van der Waals surface area (Å²) in [5, 5.41) is 17.9. The Hall–Kier alpha value is -3.20. The summed E-state index contributed by atoms with van der Waals surface area (Å²) in [6.07, 6.45) is 2.07. The molecule has 0 aliphatic heterocycles. The molecule has 0 saturated carbocycles. The molecule has 34 heavy (non-hydrogen) atoms. The summed E-state index contributed by atoms with van der Waals surface area (Å²) < 4.78 is 18.2. The van der Waals surface area contributed by atoms with E-state index in [0.29, 0.717) is 23.7 Å². The first-order valence-corrected chi connectivity index (χ1v) is 12.2. The minimum absolute atomic E-state index is 0.292. The number of hydrogen-bond acceptors (Lipinski definition) is 5. The van der Waals surface area contributed by atoms with E-state index in [0.717, 1.165) is 39.6 Å². The lowest BCUT2D eigenvalue weighted by atomic mass is 10.2. The van der Waals surface area contributed by atoms with Crippen LogP contribution in [0.3, 0.4) is 0 Å². The number of nitrogens with one attached hydrogen (secondary N) is 1. The molecule has 1 N–H and O–H groups in total. The molecule has 3 aromatic carbocycles. The molecule has 0 bridgehead atoms. The van der Waals surface area contributed by atoms with Gasteiger partial charge in [0.2, 0.25) is 5.16 Å². The van der Waals surface area contributed by atoms with Gasteiger partial charge in [0.15, 0.2) is 0 Å². The molecule has 0 aliphatic rings. The summed E-state index contributed by atoms with van der Waals surface area (Å²) in [6.45, 7) is 1.86. The minimum atomic E-state index is -0.292. The number of aromatic nitrogens is 5. The summed E-state index contributed by atoms with van der Waals surface area (Å²) >= 11 is 7.86. The average molecular weight is 493 g/mol. The molecule has 0 aliphatic carbocycles. The van der Waals surface area contributed by atoms with Crippen molar-refractivity contribution in [2.75, 3.05) is 12.3 Å². The van der Waals surface area contributed by atoms with Crippen molar-refractivity contribution in [2.24, 2.45) is 0 Å². The van der Waals surface area contributed by atoms with Crippen molar-refractivity contribution in [1.29, 1.82) is 0 Å². The van der Waals surface area contributed by atoms with Gasteiger partial charge in [-0.15, -0.1) is 5.10 Å². The Labute approximate surface area is 205 Å². The van der Waals surface area contributed by atoms with Gasteiger partial charge in [0.25, 0.3) is 0 Å². The fraction of sp³-hybridized carbons (Fsp3) is 0.160. The predicted molar refractivity (Wildman–Crippen MR) is 134 cm³/mol. The molecule has 5 aromatic rings. The van der Waals surface area contributed by atoms with E-state index in [1.807, 2.05) is 48.5 Å². The highest BCUT2D eigenvalue weighted by Gasteiger charge is 2.13. The second kappa shape index (κ2) is 10.4. The van der Waals surface area contributed by atoms with Crippen LogP contribution < -0.4 is 5.32 Å². The number of nitrogens with zero attached hydrogens (tertiary/aromatic N) is 5. The Balaban J connectivity index is 1.23. The summed E-state index contributed by atoms with van der Waals surface area (Å²) in [4.78, 5) is 0. The molecule has 172 valence electrons. The minimum Gasteiger partial charge on any atom is -0.343 e. The molecule has 0 atom stereocenters. The van der Waals surface area contributed by atoms with Crippen LogP contribution in [0.2, 0.25) is 5.02 Å². The van der Waals surface area contributed by atoms with Gasteiger partial charge in [0, 0.05) is 46.5 Å². The summed E-state index contributed by atoms with van der Waals surface area (Å²) in [5.74, 6) is 0.524. The smallest absolute Gasteiger partial charge is 0.214 e. The summed E-state index contributed by atoms with van der Waals surface area (Å²) in [5.41, 5.74) is 3.64. The van der Waals surface area contributed by atoms with Gasteiger partial charge in [-0.1, -0.05) is 65.8 Å². The Bertz CT molecular complexity index is 1380. The zero-order valence-corrected chi connectivity index (χ0v) is 19.8. The lowest BCUT2D eigenvalue weighted by Crippen LogP contribution is -2.16. The van der Waals surface area contributed by atoms with Gasteiger partial charge in [-0.25, -0.2) is 4.39 Å². The third-order valence-corrected chi connectivity index (χ3v) is 6.80. The van der Waals surface area contributed by atoms with Crippen LogP contribution in [-0.4, -0.2) is 37.1 Å². The van der Waals surface area contributed by atoms with Crippen molar-refractivity contribution in [3.63, 3.8) is 0 Å². The largest absolute Gasteiger partial charge is 0.343 e. The maximum absolute atomic E-state index is 14.4. The van der Waals surface area contributed by atoms with Crippen molar-refractivity contribution in [2.45, 2.75) is 18.2 Å². The maximum atomic E-state index is 14.4. The average Bonchev–Trinajstić information content (AvgIpc) is 3.47. The van der Waals surface area contributed by atoms with Crippen molar-refractivity contribution in [3.05, 3.63) is 101 Å². The Morgan fingerprint density at radius 2 is 1.79 bits per heavy atom. The van der Waals surface area contributed by atoms with Crippen LogP contribution in [-0.2, 0) is 13.1 Å². The highest BCUT2D eigenvalue weighted by Crippen LogP contribution is 2.26. The molecule has 9 heteroatoms. The second-order valence-corrected chi connectivity index (χ2v) is 9.20. The van der Waals surface area contributed by atoms with Crippen molar-refractivity contribution in [1.82, 2.24) is 30.1 Å². The maximum Gasteiger partial charge on any atom is 0.214 e. The van der Waals surface area contributed by atoms with Crippen molar-refractivity contribution in [3.8, 4) is 5.69 Å². The third-order valence-electron chi connectivity index (χ3n) is 5.53. The predicted octanol–water partition coefficient (Wildman–Crippen LogP) is 5.34. The molecule has 5 rings (SSSR count). The van der Waals surface area contributed by atoms with Crippen LogP contribution in [0, 0.1) is 5.82 Å². The lowest BCUT2D eigenvalue weighted by Gasteiger charge is -2.08. The monoisotopic (exact) mass is 492 g/mol. The Kier molecular flexibility index (Phi) is 6.89. The molecule has 2 heterocycles. The van der Waals surface area contributed by atoms with E-state index in [1.165, 1.54) is 6.07 Å².